The van der Waals surface area contributed by atoms with Crippen LogP contribution in [0.2, 0.25) is 0 Å². The minimum absolute atomic E-state index is 0.0435. The molecule has 0 heterocycles. The third-order valence-corrected chi connectivity index (χ3v) is 13.0. The van der Waals surface area contributed by atoms with E-state index in [0.29, 0.717) is 12.8 Å². The molecule has 0 saturated carbocycles. The van der Waals surface area contributed by atoms with E-state index in [1.165, 1.54) is 180 Å². The quantitative estimate of drug-likeness (QED) is 0.0259. The van der Waals surface area contributed by atoms with Crippen LogP contribution in [0.4, 0.5) is 0 Å². The fourth-order valence-corrected chi connectivity index (χ4v) is 8.68. The molecule has 0 rings (SSSR count). The Hall–Kier alpha value is -2.45. The van der Waals surface area contributed by atoms with Crippen molar-refractivity contribution in [1.82, 2.24) is 0 Å². The number of quaternary nitrogens is 1. The van der Waals surface area contributed by atoms with Gasteiger partial charge in [-0.15, -0.1) is 0 Å². The Morgan fingerprint density at radius 1 is 0.463 bits per heavy atom. The van der Waals surface area contributed by atoms with E-state index in [9.17, 15) is 19.5 Å². The molecule has 0 aromatic carbocycles. The largest absolute Gasteiger partial charge is 0.544 e. The van der Waals surface area contributed by atoms with Gasteiger partial charge in [0.2, 0.25) is 0 Å². The third-order valence-electron chi connectivity index (χ3n) is 13.0. The van der Waals surface area contributed by atoms with E-state index >= 15 is 0 Å². The average Bonchev–Trinajstić information content (AvgIpc) is 3.29. The molecule has 8 nitrogen and oxygen atoms in total. The number of carboxylic acids is 1. The van der Waals surface area contributed by atoms with Gasteiger partial charge in [0, 0.05) is 19.3 Å². The zero-order valence-electron chi connectivity index (χ0n) is 44.8. The van der Waals surface area contributed by atoms with Crippen LogP contribution in [-0.4, -0.2) is 75.5 Å². The standard InChI is InChI=1S/C59H109NO7/c1-6-8-10-12-14-16-18-20-22-24-26-28-30-31-33-35-37-39-41-43-45-47-49-57(61)66-54-55(53-65-52-51-56(59(63)64)60(3,4)5)67-58(62)50-48-46-44-42-40-38-36-34-32-29-27-25-23-21-19-17-15-13-11-9-7-2/h9,11,15,17,21,23,55-56H,6-8,10,12-14,16,18-20,22,24-54H2,1-5H3/b11-9+,17-15+,23-21+. The SMILES string of the molecule is CC/C=C/C/C=C/C/C=C/CCCCCCCCCCCCCC(=O)OC(COCCC(C(=O)[O-])[N+](C)(C)C)COC(=O)CCCCCCCCCCCCCCCCCCCCCCCC. The lowest BCUT2D eigenvalue weighted by molar-refractivity contribution is -0.889. The third kappa shape index (κ3) is 48.4. The van der Waals surface area contributed by atoms with Gasteiger partial charge in [-0.05, 0) is 44.9 Å². The summed E-state index contributed by atoms with van der Waals surface area (Å²) in [6, 6.07) is -0.725. The molecule has 2 atom stereocenters. The van der Waals surface area contributed by atoms with Crippen molar-refractivity contribution in [2.75, 3.05) is 41.0 Å². The van der Waals surface area contributed by atoms with Crippen LogP contribution in [0, 0.1) is 0 Å². The monoisotopic (exact) mass is 944 g/mol. The van der Waals surface area contributed by atoms with E-state index in [4.69, 9.17) is 14.2 Å². The molecule has 8 heteroatoms. The number of hydrogen-bond donors (Lipinski definition) is 0. The molecule has 0 fully saturated rings. The first-order valence-electron chi connectivity index (χ1n) is 28.5. The van der Waals surface area contributed by atoms with Gasteiger partial charge in [0.1, 0.15) is 12.6 Å². The Balaban J connectivity index is 4.14. The number of carboxylic acid groups (broad SMARTS) is 1. The Morgan fingerprint density at radius 2 is 0.836 bits per heavy atom. The molecule has 392 valence electrons. The maximum atomic E-state index is 12.8. The van der Waals surface area contributed by atoms with Crippen molar-refractivity contribution in [2.45, 2.75) is 283 Å². The summed E-state index contributed by atoms with van der Waals surface area (Å²) in [5.41, 5.74) is 0. The number of esters is 2. The summed E-state index contributed by atoms with van der Waals surface area (Å²) in [6.45, 7) is 4.60. The number of rotatable bonds is 52. The number of carbonyl (C=O) groups excluding carboxylic acids is 3. The first kappa shape index (κ1) is 64.5. The number of unbranched alkanes of at least 4 members (excludes halogenated alkanes) is 32. The van der Waals surface area contributed by atoms with Gasteiger partial charge in [-0.2, -0.15) is 0 Å². The van der Waals surface area contributed by atoms with Crippen molar-refractivity contribution >= 4 is 17.9 Å². The molecule has 0 amide bonds. The zero-order chi connectivity index (χ0) is 49.2. The van der Waals surface area contributed by atoms with Crippen LogP contribution >= 0.6 is 0 Å². The molecule has 0 aromatic rings. The van der Waals surface area contributed by atoms with Crippen LogP contribution in [-0.2, 0) is 28.6 Å². The topological polar surface area (TPSA) is 102 Å². The van der Waals surface area contributed by atoms with Crippen LogP contribution in [0.5, 0.6) is 0 Å². The molecule has 0 aliphatic rings. The van der Waals surface area contributed by atoms with E-state index in [2.05, 4.69) is 50.3 Å². The predicted octanol–water partition coefficient (Wildman–Crippen LogP) is 15.6. The van der Waals surface area contributed by atoms with Crippen molar-refractivity contribution < 1.29 is 38.2 Å². The first-order chi connectivity index (χ1) is 32.6. The van der Waals surface area contributed by atoms with Crippen LogP contribution in [0.25, 0.3) is 0 Å². The maximum absolute atomic E-state index is 12.8. The van der Waals surface area contributed by atoms with Gasteiger partial charge in [0.25, 0.3) is 0 Å². The van der Waals surface area contributed by atoms with Crippen LogP contribution < -0.4 is 5.11 Å². The molecule has 0 aromatic heterocycles. The molecule has 0 aliphatic carbocycles. The Kier molecular flexibility index (Phi) is 48.1. The second-order valence-corrected chi connectivity index (χ2v) is 20.5. The summed E-state index contributed by atoms with van der Waals surface area (Å²) < 4.78 is 17.3. The Labute approximate surface area is 414 Å². The van der Waals surface area contributed by atoms with E-state index in [1.807, 2.05) is 21.1 Å². The van der Waals surface area contributed by atoms with Crippen molar-refractivity contribution in [3.8, 4) is 0 Å². The van der Waals surface area contributed by atoms with Gasteiger partial charge < -0.3 is 28.6 Å². The van der Waals surface area contributed by atoms with Gasteiger partial charge in [-0.25, -0.2) is 0 Å². The van der Waals surface area contributed by atoms with Crippen LogP contribution in [0.1, 0.15) is 271 Å². The highest BCUT2D eigenvalue weighted by Gasteiger charge is 2.25. The minimum Gasteiger partial charge on any atom is -0.544 e. The second kappa shape index (κ2) is 50.0. The smallest absolute Gasteiger partial charge is 0.306 e. The summed E-state index contributed by atoms with van der Waals surface area (Å²) in [4.78, 5) is 37.2. The molecule has 0 spiro atoms. The average molecular weight is 945 g/mol. The lowest BCUT2D eigenvalue weighted by Gasteiger charge is -2.34. The van der Waals surface area contributed by atoms with E-state index in [0.717, 1.165) is 57.8 Å². The van der Waals surface area contributed by atoms with Gasteiger partial charge in [-0.1, -0.05) is 243 Å². The van der Waals surface area contributed by atoms with Gasteiger partial charge >= 0.3 is 11.9 Å². The number of likely N-dealkylation sites (N-methyl/N-ethyl adjacent to an activating group) is 1. The van der Waals surface area contributed by atoms with Crippen molar-refractivity contribution in [3.63, 3.8) is 0 Å². The number of ether oxygens (including phenoxy) is 3. The summed E-state index contributed by atoms with van der Waals surface area (Å²) in [7, 11) is 5.43. The van der Waals surface area contributed by atoms with E-state index < -0.39 is 18.1 Å². The molecule has 0 saturated heterocycles. The summed E-state index contributed by atoms with van der Waals surface area (Å²) >= 11 is 0. The molecular formula is C59H109NO7. The highest BCUT2D eigenvalue weighted by Crippen LogP contribution is 2.17. The molecule has 0 N–H and O–H groups in total. The van der Waals surface area contributed by atoms with Gasteiger partial charge in [-0.3, -0.25) is 9.59 Å². The number of aliphatic carboxylic acids is 1. The zero-order valence-corrected chi connectivity index (χ0v) is 44.8. The van der Waals surface area contributed by atoms with Crippen LogP contribution in [0.3, 0.4) is 0 Å². The van der Waals surface area contributed by atoms with Crippen molar-refractivity contribution in [2.24, 2.45) is 0 Å². The molecule has 0 aliphatic heterocycles. The summed E-state index contributed by atoms with van der Waals surface area (Å²) in [5.74, 6) is -1.72. The lowest BCUT2D eigenvalue weighted by Crippen LogP contribution is -2.55. The number of carbonyl (C=O) groups is 3. The van der Waals surface area contributed by atoms with Crippen molar-refractivity contribution in [3.05, 3.63) is 36.5 Å². The van der Waals surface area contributed by atoms with Gasteiger partial charge in [0.15, 0.2) is 6.10 Å². The summed E-state index contributed by atoms with van der Waals surface area (Å²) in [5, 5.41) is 11.7. The van der Waals surface area contributed by atoms with Gasteiger partial charge in [0.05, 0.1) is 40.3 Å². The second-order valence-electron chi connectivity index (χ2n) is 20.5. The molecular weight excluding hydrogens is 835 g/mol. The normalized spacial score (nSPS) is 13.0. The first-order valence-corrected chi connectivity index (χ1v) is 28.5. The highest BCUT2D eigenvalue weighted by atomic mass is 16.6. The highest BCUT2D eigenvalue weighted by molar-refractivity contribution is 5.70. The van der Waals surface area contributed by atoms with E-state index in [1.54, 1.807) is 0 Å². The minimum atomic E-state index is -1.12. The molecule has 0 bridgehead atoms. The maximum Gasteiger partial charge on any atom is 0.306 e. The number of nitrogens with zero attached hydrogens (tertiary/aromatic N) is 1. The number of hydrogen-bond acceptors (Lipinski definition) is 7. The Bertz CT molecular complexity index is 1190. The lowest BCUT2D eigenvalue weighted by atomic mass is 10.0. The number of allylic oxidation sites excluding steroid dienone is 6. The van der Waals surface area contributed by atoms with E-state index in [-0.39, 0.29) is 42.7 Å². The fraction of sp³-hybridized carbons (Fsp3) is 0.847. The fourth-order valence-electron chi connectivity index (χ4n) is 8.68. The van der Waals surface area contributed by atoms with Crippen molar-refractivity contribution in [1.29, 1.82) is 0 Å². The Morgan fingerprint density at radius 3 is 1.24 bits per heavy atom. The molecule has 2 unspecified atom stereocenters. The molecule has 67 heavy (non-hydrogen) atoms. The van der Waals surface area contributed by atoms with Crippen LogP contribution in [0.15, 0.2) is 36.5 Å². The predicted molar refractivity (Wildman–Crippen MR) is 282 cm³/mol. The molecule has 0 radical (unpaired) electrons. The summed E-state index contributed by atoms with van der Waals surface area (Å²) in [6.07, 6.45) is 60.4.